The molecular weight excluding hydrogens is 200 g/mol. The fourth-order valence-electron chi connectivity index (χ4n) is 1.95. The molecule has 0 saturated heterocycles. The van der Waals surface area contributed by atoms with Crippen molar-refractivity contribution in [2.45, 2.75) is 19.9 Å². The van der Waals surface area contributed by atoms with Crippen LogP contribution in [0, 0.1) is 0 Å². The van der Waals surface area contributed by atoms with Crippen molar-refractivity contribution < 1.29 is 4.74 Å². The number of likely N-dealkylation sites (N-methyl/N-ethyl adjacent to an activating group) is 1. The van der Waals surface area contributed by atoms with E-state index in [-0.39, 0.29) is 6.04 Å². The highest BCUT2D eigenvalue weighted by atomic mass is 16.5. The maximum absolute atomic E-state index is 5.37. The van der Waals surface area contributed by atoms with Crippen molar-refractivity contribution in [3.63, 3.8) is 0 Å². The summed E-state index contributed by atoms with van der Waals surface area (Å²) in [6.45, 7) is 6.72. The van der Waals surface area contributed by atoms with Gasteiger partial charge in [0.2, 0.25) is 0 Å². The fourth-order valence-corrected chi connectivity index (χ4v) is 1.95. The Morgan fingerprint density at radius 3 is 2.69 bits per heavy atom. The molecule has 3 nitrogen and oxygen atoms in total. The van der Waals surface area contributed by atoms with Crippen LogP contribution in [0.5, 0.6) is 0 Å². The Morgan fingerprint density at radius 1 is 1.38 bits per heavy atom. The third-order valence-corrected chi connectivity index (χ3v) is 2.78. The Bertz CT molecular complexity index is 361. The summed E-state index contributed by atoms with van der Waals surface area (Å²) in [6, 6.07) is 10.7. The van der Waals surface area contributed by atoms with Crippen LogP contribution in [0.15, 0.2) is 35.3 Å². The number of nitrogens with zero attached hydrogens (tertiary/aromatic N) is 2. The van der Waals surface area contributed by atoms with Gasteiger partial charge in [0.25, 0.3) is 0 Å². The Balaban J connectivity index is 2.01. The molecule has 0 aromatic heterocycles. The lowest BCUT2D eigenvalue weighted by Gasteiger charge is -2.24. The minimum Gasteiger partial charge on any atom is -0.479 e. The second kappa shape index (κ2) is 5.01. The van der Waals surface area contributed by atoms with E-state index in [1.54, 1.807) is 0 Å². The van der Waals surface area contributed by atoms with Gasteiger partial charge in [-0.1, -0.05) is 18.2 Å². The molecule has 1 aromatic carbocycles. The van der Waals surface area contributed by atoms with Gasteiger partial charge >= 0.3 is 0 Å². The van der Waals surface area contributed by atoms with Gasteiger partial charge in [-0.2, -0.15) is 0 Å². The zero-order valence-corrected chi connectivity index (χ0v) is 9.89. The minimum atomic E-state index is 0.278. The highest BCUT2D eigenvalue weighted by Gasteiger charge is 2.18. The minimum absolute atomic E-state index is 0.278. The smallest absolute Gasteiger partial charge is 0.180 e. The SMILES string of the molecule is CCN(CC1COC(C)=N1)c1ccccc1. The van der Waals surface area contributed by atoms with Crippen LogP contribution >= 0.6 is 0 Å². The molecule has 0 N–H and O–H groups in total. The zero-order valence-electron chi connectivity index (χ0n) is 9.89. The van der Waals surface area contributed by atoms with E-state index in [0.717, 1.165) is 25.6 Å². The van der Waals surface area contributed by atoms with Gasteiger partial charge in [-0.25, -0.2) is 4.99 Å². The van der Waals surface area contributed by atoms with Gasteiger partial charge in [0.15, 0.2) is 5.90 Å². The molecule has 3 heteroatoms. The van der Waals surface area contributed by atoms with Crippen molar-refractivity contribution in [1.82, 2.24) is 0 Å². The fraction of sp³-hybridized carbons (Fsp3) is 0.462. The monoisotopic (exact) mass is 218 g/mol. The van der Waals surface area contributed by atoms with E-state index in [2.05, 4.69) is 41.1 Å². The highest BCUT2D eigenvalue weighted by molar-refractivity contribution is 5.74. The summed E-state index contributed by atoms with van der Waals surface area (Å²) in [4.78, 5) is 6.78. The van der Waals surface area contributed by atoms with Crippen molar-refractivity contribution in [3.05, 3.63) is 30.3 Å². The third kappa shape index (κ3) is 2.54. The standard InChI is InChI=1S/C13H18N2O/c1-3-15(13-7-5-4-6-8-13)9-12-10-16-11(2)14-12/h4-8,12H,3,9-10H2,1-2H3. The van der Waals surface area contributed by atoms with Crippen LogP contribution in [-0.2, 0) is 4.74 Å². The number of hydrogen-bond acceptors (Lipinski definition) is 3. The molecule has 1 aliphatic heterocycles. The van der Waals surface area contributed by atoms with E-state index in [1.807, 2.05) is 13.0 Å². The van der Waals surface area contributed by atoms with Crippen LogP contribution in [0.4, 0.5) is 5.69 Å². The first-order valence-electron chi connectivity index (χ1n) is 5.76. The Kier molecular flexibility index (Phi) is 3.44. The lowest BCUT2D eigenvalue weighted by atomic mass is 10.2. The summed E-state index contributed by atoms with van der Waals surface area (Å²) in [5.41, 5.74) is 1.25. The quantitative estimate of drug-likeness (QED) is 0.775. The van der Waals surface area contributed by atoms with E-state index >= 15 is 0 Å². The molecule has 0 fully saturated rings. The maximum atomic E-state index is 5.37. The van der Waals surface area contributed by atoms with Gasteiger partial charge in [-0.15, -0.1) is 0 Å². The molecule has 0 radical (unpaired) electrons. The molecule has 86 valence electrons. The summed E-state index contributed by atoms with van der Waals surface area (Å²) < 4.78 is 5.37. The number of rotatable bonds is 4. The largest absolute Gasteiger partial charge is 0.479 e. The molecule has 1 aliphatic rings. The molecule has 0 aliphatic carbocycles. The van der Waals surface area contributed by atoms with Crippen LogP contribution in [0.1, 0.15) is 13.8 Å². The van der Waals surface area contributed by atoms with E-state index in [0.29, 0.717) is 0 Å². The van der Waals surface area contributed by atoms with Gasteiger partial charge in [-0.05, 0) is 19.1 Å². The van der Waals surface area contributed by atoms with Crippen molar-refractivity contribution in [2.75, 3.05) is 24.6 Å². The normalized spacial score (nSPS) is 19.1. The molecule has 1 heterocycles. The third-order valence-electron chi connectivity index (χ3n) is 2.78. The van der Waals surface area contributed by atoms with Crippen molar-refractivity contribution >= 4 is 11.6 Å². The number of hydrogen-bond donors (Lipinski definition) is 0. The van der Waals surface area contributed by atoms with Gasteiger partial charge in [0.05, 0.1) is 0 Å². The summed E-state index contributed by atoms with van der Waals surface area (Å²) in [5.74, 6) is 0.814. The van der Waals surface area contributed by atoms with Crippen LogP contribution < -0.4 is 4.90 Å². The lowest BCUT2D eigenvalue weighted by molar-refractivity contribution is 0.315. The van der Waals surface area contributed by atoms with Crippen LogP contribution in [-0.4, -0.2) is 31.6 Å². The van der Waals surface area contributed by atoms with E-state index in [9.17, 15) is 0 Å². The van der Waals surface area contributed by atoms with Crippen molar-refractivity contribution in [2.24, 2.45) is 4.99 Å². The average molecular weight is 218 g/mol. The van der Waals surface area contributed by atoms with E-state index < -0.39 is 0 Å². The van der Waals surface area contributed by atoms with Crippen molar-refractivity contribution in [1.29, 1.82) is 0 Å². The maximum Gasteiger partial charge on any atom is 0.180 e. The molecule has 16 heavy (non-hydrogen) atoms. The number of para-hydroxylation sites is 1. The second-order valence-corrected chi connectivity index (χ2v) is 3.99. The first-order chi connectivity index (χ1) is 7.79. The molecule has 0 bridgehead atoms. The second-order valence-electron chi connectivity index (χ2n) is 3.99. The predicted molar refractivity (Wildman–Crippen MR) is 67.2 cm³/mol. The number of anilines is 1. The molecule has 0 spiro atoms. The first kappa shape index (κ1) is 11.0. The predicted octanol–water partition coefficient (Wildman–Crippen LogP) is 2.33. The summed E-state index contributed by atoms with van der Waals surface area (Å²) in [6.07, 6.45) is 0. The Hall–Kier alpha value is -1.51. The van der Waals surface area contributed by atoms with Gasteiger partial charge in [0.1, 0.15) is 12.6 Å². The lowest BCUT2D eigenvalue weighted by Crippen LogP contribution is -2.32. The molecule has 2 rings (SSSR count). The van der Waals surface area contributed by atoms with E-state index in [4.69, 9.17) is 4.74 Å². The van der Waals surface area contributed by atoms with Crippen LogP contribution in [0.2, 0.25) is 0 Å². The zero-order chi connectivity index (χ0) is 11.4. The number of benzene rings is 1. The Labute approximate surface area is 96.7 Å². The molecule has 1 unspecified atom stereocenters. The average Bonchev–Trinajstić information content (AvgIpc) is 2.73. The summed E-state index contributed by atoms with van der Waals surface area (Å²) in [7, 11) is 0. The molecule has 0 saturated carbocycles. The molecule has 0 amide bonds. The summed E-state index contributed by atoms with van der Waals surface area (Å²) >= 11 is 0. The van der Waals surface area contributed by atoms with Crippen molar-refractivity contribution in [3.8, 4) is 0 Å². The molecule has 1 atom stereocenters. The molecule has 1 aromatic rings. The van der Waals surface area contributed by atoms with Gasteiger partial charge in [0, 0.05) is 25.7 Å². The topological polar surface area (TPSA) is 24.8 Å². The molecular formula is C13H18N2O. The van der Waals surface area contributed by atoms with Gasteiger partial charge < -0.3 is 9.64 Å². The van der Waals surface area contributed by atoms with E-state index in [1.165, 1.54) is 5.69 Å². The van der Waals surface area contributed by atoms with Gasteiger partial charge in [-0.3, -0.25) is 0 Å². The highest BCUT2D eigenvalue weighted by Crippen LogP contribution is 2.15. The number of aliphatic imine (C=N–C) groups is 1. The van der Waals surface area contributed by atoms with Crippen LogP contribution in [0.3, 0.4) is 0 Å². The first-order valence-corrected chi connectivity index (χ1v) is 5.76. The number of ether oxygens (including phenoxy) is 1. The van der Waals surface area contributed by atoms with Crippen LogP contribution in [0.25, 0.3) is 0 Å². The summed E-state index contributed by atoms with van der Waals surface area (Å²) in [5, 5.41) is 0. The Morgan fingerprint density at radius 2 is 2.12 bits per heavy atom.